The quantitative estimate of drug-likeness (QED) is 0.716. The Kier molecular flexibility index (Phi) is 4.43. The highest BCUT2D eigenvalue weighted by Gasteiger charge is 2.04. The molecule has 7 heteroatoms. The fourth-order valence-electron chi connectivity index (χ4n) is 1.55. The van der Waals surface area contributed by atoms with Crippen LogP contribution in [0.4, 0.5) is 0 Å². The minimum atomic E-state index is 0.572. The van der Waals surface area contributed by atoms with E-state index >= 15 is 0 Å². The number of hydrogen-bond acceptors (Lipinski definition) is 6. The van der Waals surface area contributed by atoms with E-state index in [0.717, 1.165) is 23.7 Å². The molecule has 0 radical (unpaired) electrons. The van der Waals surface area contributed by atoms with Crippen LogP contribution in [0, 0.1) is 6.92 Å². The molecule has 0 aliphatic rings. The zero-order valence-corrected chi connectivity index (χ0v) is 10.6. The first kappa shape index (κ1) is 12.7. The summed E-state index contributed by atoms with van der Waals surface area (Å²) >= 11 is 0. The van der Waals surface area contributed by atoms with Crippen LogP contribution in [-0.4, -0.2) is 40.4 Å². The van der Waals surface area contributed by atoms with Crippen molar-refractivity contribution in [3.63, 3.8) is 0 Å². The van der Waals surface area contributed by atoms with E-state index in [0.29, 0.717) is 19.7 Å². The van der Waals surface area contributed by atoms with E-state index < -0.39 is 0 Å². The van der Waals surface area contributed by atoms with Crippen LogP contribution in [0.25, 0.3) is 0 Å². The molecule has 0 bridgehead atoms. The summed E-state index contributed by atoms with van der Waals surface area (Å²) in [7, 11) is 1.68. The van der Waals surface area contributed by atoms with Crippen LogP contribution in [0.2, 0.25) is 0 Å². The first-order valence-electron chi connectivity index (χ1n) is 5.79. The second-order valence-electron chi connectivity index (χ2n) is 4.01. The summed E-state index contributed by atoms with van der Waals surface area (Å²) in [5.41, 5.74) is 1.74. The van der Waals surface area contributed by atoms with Gasteiger partial charge in [-0.05, 0) is 6.92 Å². The Bertz CT molecular complexity index is 479. The van der Waals surface area contributed by atoms with Crippen LogP contribution >= 0.6 is 0 Å². The average molecular weight is 251 g/mol. The van der Waals surface area contributed by atoms with E-state index in [4.69, 9.17) is 9.26 Å². The molecule has 1 N–H and O–H groups in total. The number of aryl methyl sites for hydroxylation is 1. The van der Waals surface area contributed by atoms with Crippen molar-refractivity contribution in [3.05, 3.63) is 29.4 Å². The van der Waals surface area contributed by atoms with Crippen molar-refractivity contribution >= 4 is 0 Å². The van der Waals surface area contributed by atoms with Crippen LogP contribution in [0.1, 0.15) is 17.1 Å². The summed E-state index contributed by atoms with van der Waals surface area (Å²) in [5.74, 6) is 0.798. The van der Waals surface area contributed by atoms with Crippen molar-refractivity contribution in [1.82, 2.24) is 25.5 Å². The zero-order valence-electron chi connectivity index (χ0n) is 10.6. The Morgan fingerprint density at radius 2 is 2.33 bits per heavy atom. The minimum absolute atomic E-state index is 0.572. The van der Waals surface area contributed by atoms with E-state index in [1.807, 2.05) is 19.2 Å². The molecule has 98 valence electrons. The van der Waals surface area contributed by atoms with Gasteiger partial charge in [0.25, 0.3) is 0 Å². The lowest BCUT2D eigenvalue weighted by Gasteiger charge is -1.99. The van der Waals surface area contributed by atoms with Crippen molar-refractivity contribution in [3.8, 4) is 0 Å². The molecule has 0 saturated carbocycles. The Morgan fingerprint density at radius 3 is 3.06 bits per heavy atom. The van der Waals surface area contributed by atoms with E-state index in [1.165, 1.54) is 0 Å². The summed E-state index contributed by atoms with van der Waals surface area (Å²) < 4.78 is 11.7. The highest BCUT2D eigenvalue weighted by molar-refractivity contribution is 5.04. The molecular formula is C11H17N5O2. The highest BCUT2D eigenvalue weighted by Crippen LogP contribution is 2.03. The van der Waals surface area contributed by atoms with Crippen LogP contribution in [0.5, 0.6) is 0 Å². The van der Waals surface area contributed by atoms with Crippen molar-refractivity contribution in [2.45, 2.75) is 20.0 Å². The van der Waals surface area contributed by atoms with Crippen LogP contribution < -0.4 is 5.32 Å². The number of rotatable bonds is 7. The maximum atomic E-state index is 5.00. The Balaban J connectivity index is 1.82. The summed E-state index contributed by atoms with van der Waals surface area (Å²) in [6.45, 7) is 4.60. The third-order valence-electron chi connectivity index (χ3n) is 2.38. The highest BCUT2D eigenvalue weighted by atomic mass is 16.5. The lowest BCUT2D eigenvalue weighted by molar-refractivity contribution is 0.199. The normalized spacial score (nSPS) is 11.0. The number of methoxy groups -OCH3 is 1. The molecule has 2 aromatic rings. The predicted molar refractivity (Wildman–Crippen MR) is 63.9 cm³/mol. The fourth-order valence-corrected chi connectivity index (χ4v) is 1.55. The van der Waals surface area contributed by atoms with Gasteiger partial charge in [-0.25, -0.2) is 4.68 Å². The fraction of sp³-hybridized carbons (Fsp3) is 0.545. The summed E-state index contributed by atoms with van der Waals surface area (Å²) in [6, 6.07) is 1.89. The maximum absolute atomic E-state index is 5.00. The summed E-state index contributed by atoms with van der Waals surface area (Å²) in [4.78, 5) is 0. The van der Waals surface area contributed by atoms with E-state index in [9.17, 15) is 0 Å². The first-order valence-corrected chi connectivity index (χ1v) is 5.79. The Hall–Kier alpha value is -1.73. The summed E-state index contributed by atoms with van der Waals surface area (Å²) in [5, 5.41) is 15.2. The summed E-state index contributed by atoms with van der Waals surface area (Å²) in [6.07, 6.45) is 1.89. The second-order valence-corrected chi connectivity index (χ2v) is 4.01. The van der Waals surface area contributed by atoms with Crippen LogP contribution in [0.15, 0.2) is 16.8 Å². The van der Waals surface area contributed by atoms with Gasteiger partial charge in [-0.15, -0.1) is 5.10 Å². The Morgan fingerprint density at radius 1 is 1.44 bits per heavy atom. The predicted octanol–water partition coefficient (Wildman–Crippen LogP) is 0.359. The van der Waals surface area contributed by atoms with E-state index in [1.54, 1.807) is 11.8 Å². The molecular weight excluding hydrogens is 234 g/mol. The van der Waals surface area contributed by atoms with Crippen LogP contribution in [0.3, 0.4) is 0 Å². The molecule has 0 amide bonds. The molecule has 2 aromatic heterocycles. The molecule has 0 unspecified atom stereocenters. The smallest absolute Gasteiger partial charge is 0.133 e. The van der Waals surface area contributed by atoms with Gasteiger partial charge in [0.15, 0.2) is 0 Å². The number of hydrogen-bond donors (Lipinski definition) is 1. The van der Waals surface area contributed by atoms with Crippen molar-refractivity contribution in [2.75, 3.05) is 20.3 Å². The van der Waals surface area contributed by atoms with Crippen molar-refractivity contribution in [2.24, 2.45) is 0 Å². The third kappa shape index (κ3) is 3.64. The van der Waals surface area contributed by atoms with Gasteiger partial charge in [-0.1, -0.05) is 10.4 Å². The number of nitrogens with zero attached hydrogens (tertiary/aromatic N) is 4. The molecule has 0 aliphatic carbocycles. The van der Waals surface area contributed by atoms with Gasteiger partial charge < -0.3 is 14.6 Å². The molecule has 0 atom stereocenters. The molecule has 0 spiro atoms. The molecule has 0 aliphatic heterocycles. The van der Waals surface area contributed by atoms with Gasteiger partial charge in [0.05, 0.1) is 25.0 Å². The lowest BCUT2D eigenvalue weighted by atomic mass is 10.4. The largest absolute Gasteiger partial charge is 0.383 e. The molecule has 2 rings (SSSR count). The standard InChI is InChI=1S/C11H17N5O2/c1-9-5-10(14-18-9)7-16-8-11(13-15-16)6-12-3-4-17-2/h5,8,12H,3-4,6-7H2,1-2H3. The molecule has 7 nitrogen and oxygen atoms in total. The van der Waals surface area contributed by atoms with Gasteiger partial charge in [0.1, 0.15) is 11.5 Å². The van der Waals surface area contributed by atoms with Crippen molar-refractivity contribution < 1.29 is 9.26 Å². The number of nitrogens with one attached hydrogen (secondary N) is 1. The number of ether oxygens (including phenoxy) is 1. The molecule has 0 fully saturated rings. The van der Waals surface area contributed by atoms with Gasteiger partial charge in [-0.2, -0.15) is 0 Å². The van der Waals surface area contributed by atoms with Crippen molar-refractivity contribution in [1.29, 1.82) is 0 Å². The van der Waals surface area contributed by atoms with E-state index in [-0.39, 0.29) is 0 Å². The molecule has 2 heterocycles. The first-order chi connectivity index (χ1) is 8.78. The zero-order chi connectivity index (χ0) is 12.8. The molecule has 18 heavy (non-hydrogen) atoms. The second kappa shape index (κ2) is 6.27. The van der Waals surface area contributed by atoms with Gasteiger partial charge in [0, 0.05) is 26.3 Å². The van der Waals surface area contributed by atoms with Gasteiger partial charge in [-0.3, -0.25) is 0 Å². The minimum Gasteiger partial charge on any atom is -0.383 e. The van der Waals surface area contributed by atoms with E-state index in [2.05, 4.69) is 20.8 Å². The third-order valence-corrected chi connectivity index (χ3v) is 2.38. The molecule has 0 saturated heterocycles. The average Bonchev–Trinajstić information content (AvgIpc) is 2.95. The molecule has 0 aromatic carbocycles. The lowest BCUT2D eigenvalue weighted by Crippen LogP contribution is -2.18. The number of aromatic nitrogens is 4. The SMILES string of the molecule is COCCNCc1cn(Cc2cc(C)on2)nn1. The van der Waals surface area contributed by atoms with Gasteiger partial charge in [0.2, 0.25) is 0 Å². The maximum Gasteiger partial charge on any atom is 0.133 e. The Labute approximate surface area is 105 Å². The van der Waals surface area contributed by atoms with Gasteiger partial charge >= 0.3 is 0 Å². The monoisotopic (exact) mass is 251 g/mol. The topological polar surface area (TPSA) is 78.0 Å². The van der Waals surface area contributed by atoms with Crippen LogP contribution in [-0.2, 0) is 17.8 Å².